The zero-order valence-electron chi connectivity index (χ0n) is 9.63. The van der Waals surface area contributed by atoms with Crippen molar-refractivity contribution in [1.29, 1.82) is 0 Å². The standard InChI is InChI=1S/C10H10BBrN2O4/c1-14-5-9(15)17-11(18-10(16)6-14)8-4-7(12)2-3-13-8/h2-4H,5-6H2,1H3. The summed E-state index contributed by atoms with van der Waals surface area (Å²) in [6.45, 7) is 0.0825. The number of pyridine rings is 1. The summed E-state index contributed by atoms with van der Waals surface area (Å²) in [4.78, 5) is 28.6. The number of likely N-dealkylation sites (N-methyl/N-ethyl adjacent to an activating group) is 1. The van der Waals surface area contributed by atoms with E-state index in [1.165, 1.54) is 11.1 Å². The van der Waals surface area contributed by atoms with Gasteiger partial charge in [0.2, 0.25) is 0 Å². The summed E-state index contributed by atoms with van der Waals surface area (Å²) in [5.41, 5.74) is 0.371. The van der Waals surface area contributed by atoms with Gasteiger partial charge in [0, 0.05) is 10.7 Å². The highest BCUT2D eigenvalue weighted by molar-refractivity contribution is 9.10. The molecule has 0 atom stereocenters. The normalized spacial score (nSPS) is 17.8. The smallest absolute Gasteiger partial charge is 0.493 e. The molecule has 0 saturated carbocycles. The number of aromatic nitrogens is 1. The molecule has 8 heteroatoms. The third-order valence-electron chi connectivity index (χ3n) is 2.26. The van der Waals surface area contributed by atoms with Crippen LogP contribution < -0.4 is 5.59 Å². The first-order valence-corrected chi connectivity index (χ1v) is 6.03. The van der Waals surface area contributed by atoms with E-state index in [9.17, 15) is 9.59 Å². The van der Waals surface area contributed by atoms with Crippen LogP contribution in [-0.4, -0.2) is 49.1 Å². The Labute approximate surface area is 113 Å². The Balaban J connectivity index is 2.20. The van der Waals surface area contributed by atoms with Gasteiger partial charge in [0.25, 0.3) is 0 Å². The highest BCUT2D eigenvalue weighted by Gasteiger charge is 2.35. The molecule has 1 fully saturated rings. The molecular formula is C10H10BBrN2O4. The van der Waals surface area contributed by atoms with Crippen LogP contribution in [0.3, 0.4) is 0 Å². The van der Waals surface area contributed by atoms with Gasteiger partial charge in [-0.25, -0.2) is 0 Å². The Kier molecular flexibility index (Phi) is 3.98. The van der Waals surface area contributed by atoms with Crippen molar-refractivity contribution in [3.8, 4) is 0 Å². The summed E-state index contributed by atoms with van der Waals surface area (Å²) >= 11 is 3.27. The topological polar surface area (TPSA) is 68.7 Å². The first-order chi connectivity index (χ1) is 8.54. The van der Waals surface area contributed by atoms with Crippen LogP contribution in [-0.2, 0) is 18.9 Å². The van der Waals surface area contributed by atoms with Crippen molar-refractivity contribution in [1.82, 2.24) is 9.88 Å². The minimum Gasteiger partial charge on any atom is -0.493 e. The highest BCUT2D eigenvalue weighted by Crippen LogP contribution is 2.06. The number of hydrogen-bond donors (Lipinski definition) is 0. The van der Waals surface area contributed by atoms with E-state index in [1.807, 2.05) is 0 Å². The molecule has 0 spiro atoms. The molecule has 1 saturated heterocycles. The highest BCUT2D eigenvalue weighted by atomic mass is 79.9. The van der Waals surface area contributed by atoms with E-state index < -0.39 is 19.1 Å². The number of nitrogens with zero attached hydrogens (tertiary/aromatic N) is 2. The fraction of sp³-hybridized carbons (Fsp3) is 0.300. The average Bonchev–Trinajstić information content (AvgIpc) is 2.25. The van der Waals surface area contributed by atoms with Gasteiger partial charge in [-0.3, -0.25) is 19.5 Å². The van der Waals surface area contributed by atoms with Crippen molar-refractivity contribution in [2.24, 2.45) is 0 Å². The molecule has 94 valence electrons. The third kappa shape index (κ3) is 3.30. The van der Waals surface area contributed by atoms with Crippen LogP contribution in [0.5, 0.6) is 0 Å². The molecule has 0 amide bonds. The van der Waals surface area contributed by atoms with Gasteiger partial charge in [-0.1, -0.05) is 15.9 Å². The Hall–Kier alpha value is -1.41. The van der Waals surface area contributed by atoms with Gasteiger partial charge in [0.05, 0.1) is 13.1 Å². The Bertz CT molecular complexity index is 465. The van der Waals surface area contributed by atoms with E-state index in [0.29, 0.717) is 5.59 Å². The molecule has 1 aromatic rings. The van der Waals surface area contributed by atoms with Crippen molar-refractivity contribution in [3.05, 3.63) is 22.8 Å². The predicted octanol–water partition coefficient (Wildman–Crippen LogP) is -0.429. The maximum Gasteiger partial charge on any atom is 0.656 e. The molecule has 2 rings (SSSR count). The van der Waals surface area contributed by atoms with Gasteiger partial charge in [0.15, 0.2) is 0 Å². The van der Waals surface area contributed by atoms with E-state index in [0.717, 1.165) is 4.47 Å². The van der Waals surface area contributed by atoms with E-state index in [-0.39, 0.29) is 13.1 Å². The summed E-state index contributed by atoms with van der Waals surface area (Å²) < 4.78 is 10.9. The summed E-state index contributed by atoms with van der Waals surface area (Å²) in [6.07, 6.45) is 1.53. The monoisotopic (exact) mass is 312 g/mol. The van der Waals surface area contributed by atoms with Crippen LogP contribution in [0.4, 0.5) is 0 Å². The minimum atomic E-state index is -1.09. The lowest BCUT2D eigenvalue weighted by molar-refractivity contribution is -0.145. The molecule has 1 aliphatic rings. The fourth-order valence-electron chi connectivity index (χ4n) is 1.50. The lowest BCUT2D eigenvalue weighted by Gasteiger charge is -2.22. The summed E-state index contributed by atoms with van der Waals surface area (Å²) in [5, 5.41) is 0. The second-order valence-electron chi connectivity index (χ2n) is 3.88. The van der Waals surface area contributed by atoms with Crippen LogP contribution in [0.15, 0.2) is 22.8 Å². The number of hydrogen-bond acceptors (Lipinski definition) is 6. The van der Waals surface area contributed by atoms with Crippen LogP contribution in [0, 0.1) is 0 Å². The Morgan fingerprint density at radius 1 is 1.33 bits per heavy atom. The zero-order valence-corrected chi connectivity index (χ0v) is 11.2. The maximum absolute atomic E-state index is 11.5. The second-order valence-corrected chi connectivity index (χ2v) is 4.80. The molecule has 18 heavy (non-hydrogen) atoms. The molecule has 0 aliphatic carbocycles. The molecule has 0 aromatic carbocycles. The molecule has 0 N–H and O–H groups in total. The third-order valence-corrected chi connectivity index (χ3v) is 2.75. The number of carbonyl (C=O) groups is 2. The summed E-state index contributed by atoms with van der Waals surface area (Å²) in [7, 11) is 0.552. The van der Waals surface area contributed by atoms with E-state index in [2.05, 4.69) is 20.9 Å². The van der Waals surface area contributed by atoms with E-state index in [1.54, 1.807) is 19.2 Å². The van der Waals surface area contributed by atoms with Crippen molar-refractivity contribution in [3.63, 3.8) is 0 Å². The van der Waals surface area contributed by atoms with Crippen LogP contribution in [0.25, 0.3) is 0 Å². The first-order valence-electron chi connectivity index (χ1n) is 5.23. The largest absolute Gasteiger partial charge is 0.656 e. The molecular weight excluding hydrogens is 303 g/mol. The first kappa shape index (κ1) is 13.0. The van der Waals surface area contributed by atoms with Gasteiger partial charge in [-0.05, 0) is 19.2 Å². The summed E-state index contributed by atoms with van der Waals surface area (Å²) in [6, 6.07) is 3.36. The minimum absolute atomic E-state index is 0.0413. The number of halogens is 1. The molecule has 0 radical (unpaired) electrons. The van der Waals surface area contributed by atoms with Crippen molar-refractivity contribution in [2.45, 2.75) is 0 Å². The number of carbonyl (C=O) groups excluding carboxylic acids is 2. The summed E-state index contributed by atoms with van der Waals surface area (Å²) in [5.74, 6) is -0.923. The molecule has 1 aromatic heterocycles. The van der Waals surface area contributed by atoms with Crippen LogP contribution >= 0.6 is 15.9 Å². The Morgan fingerprint density at radius 3 is 2.50 bits per heavy atom. The fourth-order valence-corrected chi connectivity index (χ4v) is 1.86. The quantitative estimate of drug-likeness (QED) is 0.656. The van der Waals surface area contributed by atoms with Gasteiger partial charge in [-0.15, -0.1) is 0 Å². The Morgan fingerprint density at radius 2 is 1.94 bits per heavy atom. The SMILES string of the molecule is CN1CC(=O)OB(c2cc(Br)ccn2)OC(=O)C1. The van der Waals surface area contributed by atoms with E-state index in [4.69, 9.17) is 9.31 Å². The molecule has 2 heterocycles. The molecule has 1 aliphatic heterocycles. The van der Waals surface area contributed by atoms with Gasteiger partial charge in [0.1, 0.15) is 5.59 Å². The maximum atomic E-state index is 11.5. The van der Waals surface area contributed by atoms with Crippen molar-refractivity contribution >= 4 is 40.6 Å². The van der Waals surface area contributed by atoms with Gasteiger partial charge >= 0.3 is 19.1 Å². The van der Waals surface area contributed by atoms with Crippen molar-refractivity contribution < 1.29 is 18.9 Å². The lowest BCUT2D eigenvalue weighted by atomic mass is 9.83. The van der Waals surface area contributed by atoms with Crippen LogP contribution in [0.2, 0.25) is 0 Å². The molecule has 6 nitrogen and oxygen atoms in total. The number of rotatable bonds is 1. The zero-order chi connectivity index (χ0) is 13.1. The van der Waals surface area contributed by atoms with Crippen molar-refractivity contribution in [2.75, 3.05) is 20.1 Å². The van der Waals surface area contributed by atoms with Gasteiger partial charge in [-0.2, -0.15) is 0 Å². The van der Waals surface area contributed by atoms with Gasteiger partial charge < -0.3 is 9.31 Å². The second kappa shape index (κ2) is 5.49. The van der Waals surface area contributed by atoms with Crippen LogP contribution in [0.1, 0.15) is 0 Å². The molecule has 0 bridgehead atoms. The van der Waals surface area contributed by atoms with E-state index >= 15 is 0 Å². The predicted molar refractivity (Wildman–Crippen MR) is 67.0 cm³/mol. The average molecular weight is 313 g/mol. The molecule has 0 unspecified atom stereocenters. The lowest BCUT2D eigenvalue weighted by Crippen LogP contribution is -2.48.